The van der Waals surface area contributed by atoms with Crippen molar-refractivity contribution in [3.8, 4) is 5.69 Å². The number of nitrogens with zero attached hydrogens (tertiary/aromatic N) is 3. The zero-order valence-electron chi connectivity index (χ0n) is 15.1. The molecule has 5 rings (SSSR count). The van der Waals surface area contributed by atoms with Crippen molar-refractivity contribution in [2.75, 3.05) is 5.32 Å². The van der Waals surface area contributed by atoms with Gasteiger partial charge >= 0.3 is 5.69 Å². The van der Waals surface area contributed by atoms with Gasteiger partial charge in [0.25, 0.3) is 0 Å². The van der Waals surface area contributed by atoms with E-state index in [1.807, 2.05) is 31.2 Å². The van der Waals surface area contributed by atoms with Gasteiger partial charge in [-0.1, -0.05) is 35.0 Å². The number of halogens is 1. The molecule has 0 aliphatic heterocycles. The van der Waals surface area contributed by atoms with Crippen molar-refractivity contribution >= 4 is 34.1 Å². The van der Waals surface area contributed by atoms with Crippen LogP contribution in [0.5, 0.6) is 0 Å². The summed E-state index contributed by atoms with van der Waals surface area (Å²) in [5, 5.41) is 8.38. The average molecular weight is 393 g/mol. The maximum atomic E-state index is 13.0. The van der Waals surface area contributed by atoms with Crippen molar-refractivity contribution in [1.29, 1.82) is 0 Å². The van der Waals surface area contributed by atoms with Gasteiger partial charge in [-0.15, -0.1) is 0 Å². The molecule has 0 radical (unpaired) electrons. The van der Waals surface area contributed by atoms with Crippen LogP contribution in [0, 0.1) is 6.92 Å². The number of aryl methyl sites for hydroxylation is 1. The van der Waals surface area contributed by atoms with Gasteiger partial charge in [-0.2, -0.15) is 4.98 Å². The minimum atomic E-state index is -0.405. The van der Waals surface area contributed by atoms with Crippen molar-refractivity contribution in [1.82, 2.24) is 14.7 Å². The van der Waals surface area contributed by atoms with Crippen molar-refractivity contribution < 1.29 is 4.52 Å². The van der Waals surface area contributed by atoms with Crippen LogP contribution in [0.25, 0.3) is 16.6 Å². The molecule has 0 spiro atoms. The molecule has 0 atom stereocenters. The second-order valence-electron chi connectivity index (χ2n) is 7.05. The lowest BCUT2D eigenvalue weighted by molar-refractivity contribution is 0.422. The molecule has 1 aliphatic rings. The monoisotopic (exact) mass is 392 g/mol. The van der Waals surface area contributed by atoms with Gasteiger partial charge < -0.3 is 9.84 Å². The Morgan fingerprint density at radius 3 is 2.71 bits per heavy atom. The first kappa shape index (κ1) is 17.0. The van der Waals surface area contributed by atoms with Crippen molar-refractivity contribution in [3.05, 3.63) is 75.4 Å². The fourth-order valence-electron chi connectivity index (χ4n) is 3.39. The number of rotatable bonds is 4. The number of hydrogen-bond donors (Lipinski definition) is 1. The van der Waals surface area contributed by atoms with Crippen LogP contribution in [-0.2, 0) is 0 Å². The van der Waals surface area contributed by atoms with Crippen LogP contribution in [0.4, 0.5) is 11.6 Å². The maximum Gasteiger partial charge on any atom is 0.354 e. The van der Waals surface area contributed by atoms with Crippen molar-refractivity contribution in [3.63, 3.8) is 0 Å². The summed E-state index contributed by atoms with van der Waals surface area (Å²) < 4.78 is 6.56. The average Bonchev–Trinajstić information content (AvgIpc) is 3.46. The predicted octanol–water partition coefficient (Wildman–Crippen LogP) is 4.96. The summed E-state index contributed by atoms with van der Waals surface area (Å²) in [6, 6.07) is 13.5. The van der Waals surface area contributed by atoms with Crippen molar-refractivity contribution in [2.24, 2.45) is 0 Å². The normalized spacial score (nSPS) is 13.8. The summed E-state index contributed by atoms with van der Waals surface area (Å²) >= 11 is 6.40. The zero-order chi connectivity index (χ0) is 19.3. The molecule has 0 unspecified atom stereocenters. The lowest BCUT2D eigenvalue weighted by Crippen LogP contribution is -2.23. The number of anilines is 2. The number of aromatic nitrogens is 3. The number of hydrogen-bond acceptors (Lipinski definition) is 5. The predicted molar refractivity (Wildman–Crippen MR) is 109 cm³/mol. The SMILES string of the molecule is Cc1conc1Nc1nc(=O)n(-c2ccccc2Cl)c2cc(C3CC3)ccc12. The van der Waals surface area contributed by atoms with E-state index < -0.39 is 5.69 Å². The van der Waals surface area contributed by atoms with E-state index in [9.17, 15) is 4.79 Å². The molecule has 1 fully saturated rings. The molecule has 140 valence electrons. The quantitative estimate of drug-likeness (QED) is 0.531. The minimum Gasteiger partial charge on any atom is -0.362 e. The van der Waals surface area contributed by atoms with E-state index in [1.165, 1.54) is 18.4 Å². The number of nitrogens with one attached hydrogen (secondary N) is 1. The van der Waals surface area contributed by atoms with E-state index in [1.54, 1.807) is 16.9 Å². The number of benzene rings is 2. The highest BCUT2D eigenvalue weighted by Crippen LogP contribution is 2.41. The van der Waals surface area contributed by atoms with E-state index in [4.69, 9.17) is 16.1 Å². The smallest absolute Gasteiger partial charge is 0.354 e. The minimum absolute atomic E-state index is 0.405. The lowest BCUT2D eigenvalue weighted by atomic mass is 10.1. The summed E-state index contributed by atoms with van der Waals surface area (Å²) in [4.78, 5) is 17.3. The van der Waals surface area contributed by atoms with Crippen LogP contribution in [0.1, 0.15) is 29.9 Å². The Hall–Kier alpha value is -3.12. The summed E-state index contributed by atoms with van der Waals surface area (Å²) in [5.41, 5.74) is 3.03. The van der Waals surface area contributed by atoms with E-state index >= 15 is 0 Å². The van der Waals surface area contributed by atoms with Crippen LogP contribution in [0.3, 0.4) is 0 Å². The van der Waals surface area contributed by atoms with Gasteiger partial charge in [-0.05, 0) is 55.5 Å². The molecule has 28 heavy (non-hydrogen) atoms. The molecule has 1 aliphatic carbocycles. The van der Waals surface area contributed by atoms with Crippen LogP contribution in [0.15, 0.2) is 58.0 Å². The van der Waals surface area contributed by atoms with Crippen LogP contribution >= 0.6 is 11.6 Å². The van der Waals surface area contributed by atoms with Gasteiger partial charge in [0.2, 0.25) is 0 Å². The molecule has 7 heteroatoms. The van der Waals surface area contributed by atoms with E-state index in [0.717, 1.165) is 16.5 Å². The first-order valence-electron chi connectivity index (χ1n) is 9.11. The third kappa shape index (κ3) is 2.86. The number of fused-ring (bicyclic) bond motifs is 1. The first-order valence-corrected chi connectivity index (χ1v) is 9.49. The summed E-state index contributed by atoms with van der Waals surface area (Å²) in [6.45, 7) is 1.87. The first-order chi connectivity index (χ1) is 13.6. The summed E-state index contributed by atoms with van der Waals surface area (Å²) in [7, 11) is 0. The van der Waals surface area contributed by atoms with Crippen LogP contribution in [0.2, 0.25) is 5.02 Å². The molecule has 2 aromatic heterocycles. The van der Waals surface area contributed by atoms with E-state index in [0.29, 0.717) is 28.3 Å². The van der Waals surface area contributed by atoms with Crippen LogP contribution < -0.4 is 11.0 Å². The Morgan fingerprint density at radius 1 is 1.18 bits per heavy atom. The Labute approximate surface area is 165 Å². The van der Waals surface area contributed by atoms with Crippen molar-refractivity contribution in [2.45, 2.75) is 25.7 Å². The molecular formula is C21H17ClN4O2. The largest absolute Gasteiger partial charge is 0.362 e. The standard InChI is InChI=1S/C21H17ClN4O2/c1-12-11-28-25-19(12)23-20-15-9-8-14(13-6-7-13)10-18(15)26(21(27)24-20)17-5-3-2-4-16(17)22/h2-5,8-11,13H,6-7H2,1H3,(H,23,24,25,27). The molecule has 4 aromatic rings. The van der Waals surface area contributed by atoms with Gasteiger partial charge in [0, 0.05) is 10.9 Å². The third-order valence-corrected chi connectivity index (χ3v) is 5.36. The molecule has 6 nitrogen and oxygen atoms in total. The second-order valence-corrected chi connectivity index (χ2v) is 7.46. The zero-order valence-corrected chi connectivity index (χ0v) is 15.9. The molecule has 2 aromatic carbocycles. The van der Waals surface area contributed by atoms with Gasteiger partial charge in [0.15, 0.2) is 5.82 Å². The molecule has 1 saturated carbocycles. The molecular weight excluding hydrogens is 376 g/mol. The Morgan fingerprint density at radius 2 is 2.00 bits per heavy atom. The van der Waals surface area contributed by atoms with E-state index in [2.05, 4.69) is 27.6 Å². The highest BCUT2D eigenvalue weighted by molar-refractivity contribution is 6.32. The number of para-hydroxylation sites is 1. The van der Waals surface area contributed by atoms with Gasteiger partial charge in [0.1, 0.15) is 12.1 Å². The highest BCUT2D eigenvalue weighted by atomic mass is 35.5. The fourth-order valence-corrected chi connectivity index (χ4v) is 3.61. The third-order valence-electron chi connectivity index (χ3n) is 5.04. The molecule has 2 heterocycles. The summed E-state index contributed by atoms with van der Waals surface area (Å²) in [6.07, 6.45) is 3.90. The van der Waals surface area contributed by atoms with Gasteiger partial charge in [0.05, 0.1) is 16.2 Å². The molecule has 0 saturated heterocycles. The maximum absolute atomic E-state index is 13.0. The van der Waals surface area contributed by atoms with Gasteiger partial charge in [-0.25, -0.2) is 4.79 Å². The lowest BCUT2D eigenvalue weighted by Gasteiger charge is -2.15. The highest BCUT2D eigenvalue weighted by Gasteiger charge is 2.25. The fraction of sp³-hybridized carbons (Fsp3) is 0.190. The Kier molecular flexibility index (Phi) is 3.94. The molecule has 0 bridgehead atoms. The van der Waals surface area contributed by atoms with Crippen LogP contribution in [-0.4, -0.2) is 14.7 Å². The Balaban J connectivity index is 1.78. The molecule has 0 amide bonds. The second kappa shape index (κ2) is 6.49. The Bertz CT molecular complexity index is 1260. The topological polar surface area (TPSA) is 73.0 Å². The van der Waals surface area contributed by atoms with E-state index in [-0.39, 0.29) is 0 Å². The summed E-state index contributed by atoms with van der Waals surface area (Å²) in [5.74, 6) is 1.54. The van der Waals surface area contributed by atoms with Gasteiger partial charge in [-0.3, -0.25) is 4.57 Å². The molecule has 1 N–H and O–H groups in total.